The zero-order valence-corrected chi connectivity index (χ0v) is 12.3. The smallest absolute Gasteiger partial charge is 0.350 e. The molecule has 0 atom stereocenters. The maximum Gasteiger partial charge on any atom is 0.350 e. The fourth-order valence-corrected chi connectivity index (χ4v) is 1.44. The minimum atomic E-state index is -1.32. The number of nitrogens with two attached hydrogens (primary N) is 1. The van der Waals surface area contributed by atoms with Crippen molar-refractivity contribution < 1.29 is 23.9 Å². The topological polar surface area (TPSA) is 108 Å². The van der Waals surface area contributed by atoms with Crippen molar-refractivity contribution in [3.05, 3.63) is 29.3 Å². The number of nitrogens with one attached hydrogen (secondary N) is 1. The van der Waals surface area contributed by atoms with Crippen LogP contribution in [0, 0.1) is 0 Å². The molecule has 0 saturated heterocycles. The fraction of sp³-hybridized carbons (Fsp3) is 0.308. The van der Waals surface area contributed by atoms with E-state index in [0.717, 1.165) is 0 Å². The zero-order valence-electron chi connectivity index (χ0n) is 11.5. The summed E-state index contributed by atoms with van der Waals surface area (Å²) in [6.07, 6.45) is 0. The van der Waals surface area contributed by atoms with Gasteiger partial charge in [-0.3, -0.25) is 10.1 Å². The average Bonchev–Trinajstić information content (AvgIpc) is 2.37. The van der Waals surface area contributed by atoms with Gasteiger partial charge in [-0.1, -0.05) is 11.6 Å². The number of benzene rings is 1. The molecule has 114 valence electrons. The number of esters is 1. The number of halogens is 1. The molecule has 0 fully saturated rings. The lowest BCUT2D eigenvalue weighted by Gasteiger charge is -2.24. The summed E-state index contributed by atoms with van der Waals surface area (Å²) in [5, 5.41) is 2.31. The second kappa shape index (κ2) is 6.94. The molecule has 3 amide bonds. The first-order valence-corrected chi connectivity index (χ1v) is 6.29. The number of hydrogen-bond acceptors (Lipinski definition) is 5. The van der Waals surface area contributed by atoms with Crippen LogP contribution in [0.15, 0.2) is 24.3 Å². The van der Waals surface area contributed by atoms with E-state index in [1.54, 1.807) is 29.6 Å². The van der Waals surface area contributed by atoms with Gasteiger partial charge in [0.1, 0.15) is 5.75 Å². The average molecular weight is 315 g/mol. The molecular formula is C13H15ClN2O5. The van der Waals surface area contributed by atoms with Gasteiger partial charge in [0.05, 0.1) is 0 Å². The minimum absolute atomic E-state index is 0.419. The second-order valence-corrected chi connectivity index (χ2v) is 4.99. The van der Waals surface area contributed by atoms with E-state index in [1.165, 1.54) is 13.8 Å². The number of rotatable bonds is 5. The molecule has 0 unspecified atom stereocenters. The van der Waals surface area contributed by atoms with Gasteiger partial charge in [-0.2, -0.15) is 0 Å². The van der Waals surface area contributed by atoms with E-state index in [-0.39, 0.29) is 0 Å². The van der Waals surface area contributed by atoms with Crippen molar-refractivity contribution in [3.8, 4) is 5.75 Å². The van der Waals surface area contributed by atoms with Gasteiger partial charge < -0.3 is 15.2 Å². The quantitative estimate of drug-likeness (QED) is 0.795. The van der Waals surface area contributed by atoms with Gasteiger partial charge in [0.2, 0.25) is 0 Å². The van der Waals surface area contributed by atoms with Crippen molar-refractivity contribution in [1.29, 1.82) is 0 Å². The predicted octanol–water partition coefficient (Wildman–Crippen LogP) is 1.24. The summed E-state index contributed by atoms with van der Waals surface area (Å²) in [5.74, 6) is -1.17. The van der Waals surface area contributed by atoms with Crippen molar-refractivity contribution >= 4 is 29.5 Å². The number of imide groups is 1. The first kappa shape index (κ1) is 16.8. The van der Waals surface area contributed by atoms with Crippen LogP contribution in [0.4, 0.5) is 4.79 Å². The molecule has 21 heavy (non-hydrogen) atoms. The summed E-state index contributed by atoms with van der Waals surface area (Å²) < 4.78 is 10.2. The Hall–Kier alpha value is -2.28. The molecule has 0 saturated carbocycles. The standard InChI is InChI=1S/C13H15ClN2O5/c1-13(2,21-9-5-3-8(14)4-6-9)11(18)20-7-10(17)16-12(15)19/h3-6H,7H2,1-2H3,(H3,15,16,17,19). The third-order valence-electron chi connectivity index (χ3n) is 2.28. The summed E-state index contributed by atoms with van der Waals surface area (Å²) >= 11 is 5.74. The van der Waals surface area contributed by atoms with Crippen LogP contribution in [0.3, 0.4) is 0 Å². The van der Waals surface area contributed by atoms with Crippen molar-refractivity contribution in [2.75, 3.05) is 6.61 Å². The number of ether oxygens (including phenoxy) is 2. The predicted molar refractivity (Wildman–Crippen MR) is 74.8 cm³/mol. The van der Waals surface area contributed by atoms with Crippen LogP contribution in [0.2, 0.25) is 5.02 Å². The highest BCUT2D eigenvalue weighted by Crippen LogP contribution is 2.21. The molecule has 0 aliphatic carbocycles. The maximum atomic E-state index is 11.9. The van der Waals surface area contributed by atoms with E-state index in [0.29, 0.717) is 10.8 Å². The summed E-state index contributed by atoms with van der Waals surface area (Å²) in [6, 6.07) is 5.39. The van der Waals surface area contributed by atoms with Crippen molar-refractivity contribution in [2.24, 2.45) is 5.73 Å². The van der Waals surface area contributed by atoms with Crippen molar-refractivity contribution in [3.63, 3.8) is 0 Å². The van der Waals surface area contributed by atoms with Gasteiger partial charge in [0.15, 0.2) is 12.2 Å². The summed E-state index contributed by atoms with van der Waals surface area (Å²) in [6.45, 7) is 2.33. The van der Waals surface area contributed by atoms with E-state index in [4.69, 9.17) is 26.8 Å². The van der Waals surface area contributed by atoms with Crippen LogP contribution in [0.1, 0.15) is 13.8 Å². The van der Waals surface area contributed by atoms with E-state index >= 15 is 0 Å². The molecule has 3 N–H and O–H groups in total. The Balaban J connectivity index is 2.56. The Morgan fingerprint density at radius 1 is 1.24 bits per heavy atom. The largest absolute Gasteiger partial charge is 0.476 e. The molecule has 1 rings (SSSR count). The molecule has 1 aromatic rings. The van der Waals surface area contributed by atoms with Gasteiger partial charge in [-0.25, -0.2) is 9.59 Å². The Kier molecular flexibility index (Phi) is 5.54. The number of amides is 3. The molecular weight excluding hydrogens is 300 g/mol. The third-order valence-corrected chi connectivity index (χ3v) is 2.53. The lowest BCUT2D eigenvalue weighted by molar-refractivity contribution is -0.161. The molecule has 0 aliphatic rings. The van der Waals surface area contributed by atoms with Crippen LogP contribution in [0.5, 0.6) is 5.75 Å². The SMILES string of the molecule is CC(C)(Oc1ccc(Cl)cc1)C(=O)OCC(=O)NC(N)=O. The number of hydrogen-bond donors (Lipinski definition) is 2. The normalized spacial score (nSPS) is 10.6. The lowest BCUT2D eigenvalue weighted by atomic mass is 10.1. The Bertz CT molecular complexity index is 542. The van der Waals surface area contributed by atoms with Crippen molar-refractivity contribution in [2.45, 2.75) is 19.4 Å². The number of carbonyl (C=O) groups is 3. The van der Waals surface area contributed by atoms with Crippen LogP contribution < -0.4 is 15.8 Å². The third kappa shape index (κ3) is 5.70. The van der Waals surface area contributed by atoms with E-state index in [1.807, 2.05) is 0 Å². The lowest BCUT2D eigenvalue weighted by Crippen LogP contribution is -2.43. The van der Waals surface area contributed by atoms with Gasteiger partial charge in [0.25, 0.3) is 5.91 Å². The number of urea groups is 1. The zero-order chi connectivity index (χ0) is 16.0. The molecule has 1 aromatic carbocycles. The molecule has 0 heterocycles. The highest BCUT2D eigenvalue weighted by atomic mass is 35.5. The molecule has 0 bridgehead atoms. The number of primary amides is 1. The molecule has 0 aromatic heterocycles. The van der Waals surface area contributed by atoms with E-state index < -0.39 is 30.1 Å². The highest BCUT2D eigenvalue weighted by molar-refractivity contribution is 6.30. The Morgan fingerprint density at radius 2 is 1.81 bits per heavy atom. The van der Waals surface area contributed by atoms with Crippen molar-refractivity contribution in [1.82, 2.24) is 5.32 Å². The summed E-state index contributed by atoms with van der Waals surface area (Å²) in [7, 11) is 0. The number of carbonyl (C=O) groups excluding carboxylic acids is 3. The molecule has 0 radical (unpaired) electrons. The van der Waals surface area contributed by atoms with Gasteiger partial charge in [0, 0.05) is 5.02 Å². The molecule has 0 aliphatic heterocycles. The van der Waals surface area contributed by atoms with E-state index in [9.17, 15) is 14.4 Å². The van der Waals surface area contributed by atoms with Crippen LogP contribution in [0.25, 0.3) is 0 Å². The van der Waals surface area contributed by atoms with Gasteiger partial charge >= 0.3 is 12.0 Å². The first-order chi connectivity index (χ1) is 9.70. The summed E-state index contributed by atoms with van der Waals surface area (Å²) in [4.78, 5) is 33.4. The fourth-order valence-electron chi connectivity index (χ4n) is 1.32. The van der Waals surface area contributed by atoms with Crippen LogP contribution >= 0.6 is 11.6 Å². The van der Waals surface area contributed by atoms with E-state index in [2.05, 4.69) is 0 Å². The summed E-state index contributed by atoms with van der Waals surface area (Å²) in [5.41, 5.74) is 3.43. The molecule has 7 nitrogen and oxygen atoms in total. The second-order valence-electron chi connectivity index (χ2n) is 4.55. The minimum Gasteiger partial charge on any atom is -0.476 e. The molecule has 8 heteroatoms. The van der Waals surface area contributed by atoms with Gasteiger partial charge in [-0.15, -0.1) is 0 Å². The highest BCUT2D eigenvalue weighted by Gasteiger charge is 2.32. The Morgan fingerprint density at radius 3 is 2.33 bits per heavy atom. The monoisotopic (exact) mass is 314 g/mol. The van der Waals surface area contributed by atoms with Crippen LogP contribution in [-0.4, -0.2) is 30.1 Å². The van der Waals surface area contributed by atoms with Gasteiger partial charge in [-0.05, 0) is 38.1 Å². The Labute approximate surface area is 126 Å². The van der Waals surface area contributed by atoms with Crippen LogP contribution in [-0.2, 0) is 14.3 Å². The molecule has 0 spiro atoms. The first-order valence-electron chi connectivity index (χ1n) is 5.92. The maximum absolute atomic E-state index is 11.9.